The molecular formula is C13H17N3O3S. The summed E-state index contributed by atoms with van der Waals surface area (Å²) >= 11 is 0. The number of aliphatic hydroxyl groups is 1. The van der Waals surface area contributed by atoms with Crippen molar-refractivity contribution < 1.29 is 13.5 Å². The largest absolute Gasteiger partial charge is 0.396 e. The average Bonchev–Trinajstić information content (AvgIpc) is 2.41. The highest BCUT2D eigenvalue weighted by molar-refractivity contribution is 7.89. The van der Waals surface area contributed by atoms with E-state index >= 15 is 0 Å². The highest BCUT2D eigenvalue weighted by Gasteiger charge is 2.34. The fourth-order valence-corrected chi connectivity index (χ4v) is 3.80. The first kappa shape index (κ1) is 14.9. The fraction of sp³-hybridized carbons (Fsp3) is 0.538. The molecule has 0 spiro atoms. The number of nitriles is 1. The van der Waals surface area contributed by atoms with Gasteiger partial charge in [0.25, 0.3) is 0 Å². The van der Waals surface area contributed by atoms with Crippen LogP contribution in [0.25, 0.3) is 0 Å². The Labute approximate surface area is 118 Å². The lowest BCUT2D eigenvalue weighted by Crippen LogP contribution is -2.44. The molecule has 20 heavy (non-hydrogen) atoms. The predicted molar refractivity (Wildman–Crippen MR) is 72.2 cm³/mol. The molecule has 1 aliphatic rings. The van der Waals surface area contributed by atoms with Gasteiger partial charge in [0.2, 0.25) is 10.0 Å². The number of sulfonamides is 1. The van der Waals surface area contributed by atoms with Gasteiger partial charge in [-0.2, -0.15) is 9.57 Å². The number of pyridine rings is 1. The molecule has 2 rings (SSSR count). The second kappa shape index (κ2) is 6.31. The standard InChI is InChI=1S/C13H17N3O3S/c14-9-11-5-6-13(10-15-11)20(18,19)16(7-2-8-17)12-3-1-4-12/h5-6,10,12,17H,1-4,7-8H2. The molecule has 1 aliphatic carbocycles. The van der Waals surface area contributed by atoms with Crippen molar-refractivity contribution in [3.8, 4) is 6.07 Å². The van der Waals surface area contributed by atoms with Crippen LogP contribution in [0.3, 0.4) is 0 Å². The predicted octanol–water partition coefficient (Wildman–Crippen LogP) is 0.879. The summed E-state index contributed by atoms with van der Waals surface area (Å²) in [5.41, 5.74) is 0.189. The third kappa shape index (κ3) is 2.98. The molecule has 1 N–H and O–H groups in total. The first-order valence-corrected chi connectivity index (χ1v) is 8.02. The van der Waals surface area contributed by atoms with E-state index in [-0.39, 0.29) is 23.2 Å². The first-order valence-electron chi connectivity index (χ1n) is 6.58. The molecule has 108 valence electrons. The molecule has 0 atom stereocenters. The van der Waals surface area contributed by atoms with E-state index in [1.54, 1.807) is 0 Å². The zero-order valence-corrected chi connectivity index (χ0v) is 11.9. The van der Waals surface area contributed by atoms with Crippen molar-refractivity contribution in [2.45, 2.75) is 36.6 Å². The summed E-state index contributed by atoms with van der Waals surface area (Å²) in [5.74, 6) is 0. The molecule has 1 aromatic heterocycles. The van der Waals surface area contributed by atoms with Gasteiger partial charge in [0.1, 0.15) is 16.7 Å². The molecule has 7 heteroatoms. The van der Waals surface area contributed by atoms with Crippen molar-refractivity contribution in [3.05, 3.63) is 24.0 Å². The van der Waals surface area contributed by atoms with Crippen LogP contribution in [0.15, 0.2) is 23.2 Å². The quantitative estimate of drug-likeness (QED) is 0.840. The summed E-state index contributed by atoms with van der Waals surface area (Å²) in [5, 5.41) is 17.6. The second-order valence-corrected chi connectivity index (χ2v) is 6.66. The average molecular weight is 295 g/mol. The second-order valence-electron chi connectivity index (χ2n) is 4.77. The molecule has 1 saturated carbocycles. The molecule has 1 aromatic rings. The van der Waals surface area contributed by atoms with Gasteiger partial charge in [0, 0.05) is 25.4 Å². The minimum absolute atomic E-state index is 0.0159. The summed E-state index contributed by atoms with van der Waals surface area (Å²) in [6, 6.07) is 4.69. The molecular weight excluding hydrogens is 278 g/mol. The van der Waals surface area contributed by atoms with Gasteiger partial charge >= 0.3 is 0 Å². The topological polar surface area (TPSA) is 94.3 Å². The number of nitrogens with zero attached hydrogens (tertiary/aromatic N) is 3. The number of aliphatic hydroxyl groups excluding tert-OH is 1. The minimum Gasteiger partial charge on any atom is -0.396 e. The molecule has 0 saturated heterocycles. The van der Waals surface area contributed by atoms with Gasteiger partial charge in [0.15, 0.2) is 0 Å². The van der Waals surface area contributed by atoms with Crippen molar-refractivity contribution >= 4 is 10.0 Å². The smallest absolute Gasteiger partial charge is 0.244 e. The van der Waals surface area contributed by atoms with Gasteiger partial charge in [-0.1, -0.05) is 6.42 Å². The maximum atomic E-state index is 12.6. The van der Waals surface area contributed by atoms with Crippen LogP contribution in [0.1, 0.15) is 31.4 Å². The lowest BCUT2D eigenvalue weighted by molar-refractivity contribution is 0.198. The Hall–Kier alpha value is -1.49. The van der Waals surface area contributed by atoms with E-state index in [9.17, 15) is 8.42 Å². The third-order valence-electron chi connectivity index (χ3n) is 3.48. The van der Waals surface area contributed by atoms with E-state index < -0.39 is 10.0 Å². The molecule has 1 heterocycles. The van der Waals surface area contributed by atoms with E-state index in [2.05, 4.69) is 4.98 Å². The summed E-state index contributed by atoms with van der Waals surface area (Å²) in [6.45, 7) is 0.272. The molecule has 0 unspecified atom stereocenters. The lowest BCUT2D eigenvalue weighted by atomic mass is 9.93. The molecule has 0 bridgehead atoms. The number of hydrogen-bond acceptors (Lipinski definition) is 5. The summed E-state index contributed by atoms with van der Waals surface area (Å²) in [6.07, 6.45) is 4.38. The Balaban J connectivity index is 2.26. The van der Waals surface area contributed by atoms with Crippen LogP contribution in [0.2, 0.25) is 0 Å². The Morgan fingerprint density at radius 1 is 1.45 bits per heavy atom. The van der Waals surface area contributed by atoms with Crippen LogP contribution < -0.4 is 0 Å². The van der Waals surface area contributed by atoms with Crippen LogP contribution in [0, 0.1) is 11.3 Å². The van der Waals surface area contributed by atoms with Crippen LogP contribution in [0.5, 0.6) is 0 Å². The molecule has 6 nitrogen and oxygen atoms in total. The molecule has 0 radical (unpaired) electrons. The van der Waals surface area contributed by atoms with Crippen molar-refractivity contribution in [3.63, 3.8) is 0 Å². The van der Waals surface area contributed by atoms with Crippen molar-refractivity contribution in [1.29, 1.82) is 5.26 Å². The van der Waals surface area contributed by atoms with E-state index in [1.165, 1.54) is 22.6 Å². The molecule has 0 aromatic carbocycles. The van der Waals surface area contributed by atoms with Gasteiger partial charge in [-0.15, -0.1) is 0 Å². The zero-order chi connectivity index (χ0) is 14.6. The third-order valence-corrected chi connectivity index (χ3v) is 5.41. The zero-order valence-electron chi connectivity index (χ0n) is 11.1. The summed E-state index contributed by atoms with van der Waals surface area (Å²) in [7, 11) is -3.61. The van der Waals surface area contributed by atoms with Crippen LogP contribution in [0.4, 0.5) is 0 Å². The fourth-order valence-electron chi connectivity index (χ4n) is 2.13. The van der Waals surface area contributed by atoms with Gasteiger partial charge < -0.3 is 5.11 Å². The van der Waals surface area contributed by atoms with Gasteiger partial charge in [-0.25, -0.2) is 13.4 Å². The molecule has 0 amide bonds. The molecule has 0 aliphatic heterocycles. The monoisotopic (exact) mass is 295 g/mol. The Bertz CT molecular complexity index is 588. The van der Waals surface area contributed by atoms with E-state index in [1.807, 2.05) is 6.07 Å². The van der Waals surface area contributed by atoms with Crippen LogP contribution >= 0.6 is 0 Å². The Kier molecular flexibility index (Phi) is 4.70. The molecule has 1 fully saturated rings. The van der Waals surface area contributed by atoms with Crippen LogP contribution in [-0.2, 0) is 10.0 Å². The van der Waals surface area contributed by atoms with E-state index in [0.717, 1.165) is 19.3 Å². The summed E-state index contributed by atoms with van der Waals surface area (Å²) in [4.78, 5) is 3.91. The van der Waals surface area contributed by atoms with Gasteiger partial charge in [0.05, 0.1) is 0 Å². The maximum Gasteiger partial charge on any atom is 0.244 e. The maximum absolute atomic E-state index is 12.6. The summed E-state index contributed by atoms with van der Waals surface area (Å²) < 4.78 is 26.6. The number of rotatable bonds is 6. The van der Waals surface area contributed by atoms with Crippen LogP contribution in [-0.4, -0.2) is 42.0 Å². The number of aromatic nitrogens is 1. The minimum atomic E-state index is -3.61. The van der Waals surface area contributed by atoms with Gasteiger partial charge in [-0.05, 0) is 31.4 Å². The highest BCUT2D eigenvalue weighted by Crippen LogP contribution is 2.29. The van der Waals surface area contributed by atoms with Gasteiger partial charge in [-0.3, -0.25) is 0 Å². The Morgan fingerprint density at radius 2 is 2.20 bits per heavy atom. The van der Waals surface area contributed by atoms with Crippen molar-refractivity contribution in [1.82, 2.24) is 9.29 Å². The van der Waals surface area contributed by atoms with Crippen molar-refractivity contribution in [2.24, 2.45) is 0 Å². The first-order chi connectivity index (χ1) is 9.59. The van der Waals surface area contributed by atoms with E-state index in [4.69, 9.17) is 10.4 Å². The van der Waals surface area contributed by atoms with E-state index in [0.29, 0.717) is 13.0 Å². The Morgan fingerprint density at radius 3 is 2.65 bits per heavy atom. The normalized spacial score (nSPS) is 15.8. The number of hydrogen-bond donors (Lipinski definition) is 1. The highest BCUT2D eigenvalue weighted by atomic mass is 32.2. The SMILES string of the molecule is N#Cc1ccc(S(=O)(=O)N(CCCO)C2CCC2)cn1. The lowest BCUT2D eigenvalue weighted by Gasteiger charge is -2.36. The van der Waals surface area contributed by atoms with Crippen molar-refractivity contribution in [2.75, 3.05) is 13.2 Å².